The van der Waals surface area contributed by atoms with Crippen LogP contribution in [0.25, 0.3) is 0 Å². The van der Waals surface area contributed by atoms with Crippen LogP contribution in [0.15, 0.2) is 33.6 Å². The Hall–Kier alpha value is -1.40. The number of amidine groups is 1. The van der Waals surface area contributed by atoms with Crippen molar-refractivity contribution >= 4 is 38.8 Å². The molecule has 0 unspecified atom stereocenters. The Labute approximate surface area is 118 Å². The summed E-state index contributed by atoms with van der Waals surface area (Å²) in [7, 11) is 2.00. The first kappa shape index (κ1) is 13.0. The van der Waals surface area contributed by atoms with E-state index in [1.54, 1.807) is 17.5 Å². The molecule has 0 spiro atoms. The van der Waals surface area contributed by atoms with Gasteiger partial charge in [0.1, 0.15) is 11.5 Å². The fraction of sp³-hybridized carbons (Fsp3) is 0.167. The molecule has 0 radical (unpaired) electrons. The third kappa shape index (κ3) is 3.08. The molecule has 0 atom stereocenters. The van der Waals surface area contributed by atoms with Gasteiger partial charge in [-0.05, 0) is 45.1 Å². The molecule has 2 heterocycles. The lowest BCUT2D eigenvalue weighted by atomic mass is 10.2. The van der Waals surface area contributed by atoms with Gasteiger partial charge in [-0.2, -0.15) is 0 Å². The van der Waals surface area contributed by atoms with E-state index in [0.717, 1.165) is 16.0 Å². The highest BCUT2D eigenvalue weighted by Gasteiger charge is 2.06. The summed E-state index contributed by atoms with van der Waals surface area (Å²) in [6.45, 7) is 0.809. The van der Waals surface area contributed by atoms with Crippen molar-refractivity contribution in [3.8, 4) is 0 Å². The van der Waals surface area contributed by atoms with E-state index < -0.39 is 0 Å². The van der Waals surface area contributed by atoms with Crippen LogP contribution in [-0.4, -0.2) is 17.9 Å². The topological polar surface area (TPSA) is 66.0 Å². The van der Waals surface area contributed by atoms with Crippen molar-refractivity contribution in [1.29, 1.82) is 5.41 Å². The van der Waals surface area contributed by atoms with Gasteiger partial charge in [0.2, 0.25) is 0 Å². The Morgan fingerprint density at radius 1 is 1.56 bits per heavy atom. The molecule has 3 N–H and O–H groups in total. The molecule has 94 valence electrons. The van der Waals surface area contributed by atoms with Crippen LogP contribution in [-0.2, 0) is 6.54 Å². The largest absolute Gasteiger partial charge is 0.382 e. The lowest BCUT2D eigenvalue weighted by Gasteiger charge is -2.18. The number of rotatable bonds is 4. The second-order valence-corrected chi connectivity index (χ2v) is 6.22. The minimum Gasteiger partial charge on any atom is -0.382 e. The molecule has 0 amide bonds. The predicted octanol–water partition coefficient (Wildman–Crippen LogP) is 2.83. The Balaban J connectivity index is 2.15. The van der Waals surface area contributed by atoms with Crippen LogP contribution in [0, 0.1) is 5.41 Å². The highest BCUT2D eigenvalue weighted by Crippen LogP contribution is 2.23. The first-order valence-electron chi connectivity index (χ1n) is 5.31. The quantitative estimate of drug-likeness (QED) is 0.671. The molecule has 0 aliphatic rings. The molecule has 0 saturated carbocycles. The zero-order valence-electron chi connectivity index (χ0n) is 9.85. The van der Waals surface area contributed by atoms with Gasteiger partial charge in [-0.1, -0.05) is 0 Å². The summed E-state index contributed by atoms with van der Waals surface area (Å²) in [6, 6.07) is 5.84. The van der Waals surface area contributed by atoms with Gasteiger partial charge in [0.15, 0.2) is 0 Å². The SMILES string of the molecule is CN(Cc1csc(Br)c1)c1ccnc(C(=N)N)c1. The van der Waals surface area contributed by atoms with Crippen LogP contribution in [0.1, 0.15) is 11.3 Å². The van der Waals surface area contributed by atoms with Gasteiger partial charge in [0.25, 0.3) is 0 Å². The van der Waals surface area contributed by atoms with Crippen LogP contribution in [0.4, 0.5) is 5.69 Å². The van der Waals surface area contributed by atoms with E-state index in [4.69, 9.17) is 11.1 Å². The maximum absolute atomic E-state index is 7.39. The number of hydrogen-bond acceptors (Lipinski definition) is 4. The number of nitrogens with two attached hydrogens (primary N) is 1. The van der Waals surface area contributed by atoms with Crippen LogP contribution in [0.5, 0.6) is 0 Å². The van der Waals surface area contributed by atoms with Gasteiger partial charge in [0.05, 0.1) is 3.79 Å². The summed E-state index contributed by atoms with van der Waals surface area (Å²) in [5, 5.41) is 9.51. The van der Waals surface area contributed by atoms with Crippen molar-refractivity contribution in [3.63, 3.8) is 0 Å². The average Bonchev–Trinajstić information content (AvgIpc) is 2.75. The Morgan fingerprint density at radius 2 is 2.33 bits per heavy atom. The molecular weight excluding hydrogens is 312 g/mol. The van der Waals surface area contributed by atoms with Crippen molar-refractivity contribution in [2.24, 2.45) is 5.73 Å². The number of nitrogens with one attached hydrogen (secondary N) is 1. The van der Waals surface area contributed by atoms with E-state index in [0.29, 0.717) is 5.69 Å². The van der Waals surface area contributed by atoms with Crippen molar-refractivity contribution < 1.29 is 0 Å². The number of halogens is 1. The van der Waals surface area contributed by atoms with E-state index in [9.17, 15) is 0 Å². The molecule has 18 heavy (non-hydrogen) atoms. The molecule has 2 aromatic rings. The van der Waals surface area contributed by atoms with Gasteiger partial charge >= 0.3 is 0 Å². The lowest BCUT2D eigenvalue weighted by Crippen LogP contribution is -2.18. The fourth-order valence-electron chi connectivity index (χ4n) is 1.60. The van der Waals surface area contributed by atoms with E-state index in [1.807, 2.05) is 19.2 Å². The summed E-state index contributed by atoms with van der Waals surface area (Å²) in [5.74, 6) is -0.0106. The molecule has 0 saturated heterocycles. The molecule has 2 aromatic heterocycles. The van der Waals surface area contributed by atoms with Gasteiger partial charge in [-0.3, -0.25) is 10.4 Å². The molecule has 0 aromatic carbocycles. The number of aromatic nitrogens is 1. The van der Waals surface area contributed by atoms with E-state index in [1.165, 1.54) is 5.56 Å². The number of hydrogen-bond donors (Lipinski definition) is 2. The van der Waals surface area contributed by atoms with Crippen LogP contribution in [0.2, 0.25) is 0 Å². The van der Waals surface area contributed by atoms with Crippen LogP contribution in [0.3, 0.4) is 0 Å². The molecule has 0 fully saturated rings. The molecule has 0 aliphatic heterocycles. The molecule has 0 bridgehead atoms. The van der Waals surface area contributed by atoms with E-state index in [-0.39, 0.29) is 5.84 Å². The minimum absolute atomic E-state index is 0.0106. The number of nitrogen functional groups attached to an aromatic ring is 1. The monoisotopic (exact) mass is 324 g/mol. The van der Waals surface area contributed by atoms with Gasteiger partial charge in [-0.15, -0.1) is 11.3 Å². The van der Waals surface area contributed by atoms with E-state index in [2.05, 4.69) is 37.3 Å². The molecule has 4 nitrogen and oxygen atoms in total. The third-order valence-electron chi connectivity index (χ3n) is 2.50. The number of nitrogens with zero attached hydrogens (tertiary/aromatic N) is 2. The lowest BCUT2D eigenvalue weighted by molar-refractivity contribution is 0.924. The van der Waals surface area contributed by atoms with Gasteiger partial charge in [0, 0.05) is 25.5 Å². The molecule has 2 rings (SSSR count). The van der Waals surface area contributed by atoms with Crippen molar-refractivity contribution in [3.05, 3.63) is 44.8 Å². The highest BCUT2D eigenvalue weighted by molar-refractivity contribution is 9.11. The summed E-state index contributed by atoms with van der Waals surface area (Å²) in [5.41, 5.74) is 8.19. The minimum atomic E-state index is -0.0106. The number of anilines is 1. The zero-order chi connectivity index (χ0) is 13.1. The third-order valence-corrected chi connectivity index (χ3v) is 4.06. The standard InChI is InChI=1S/C12H13BrN4S/c1-17(6-8-4-11(13)18-7-8)9-2-3-16-10(5-9)12(14)15/h2-5,7H,6H2,1H3,(H3,14,15). The highest BCUT2D eigenvalue weighted by atomic mass is 79.9. The summed E-state index contributed by atoms with van der Waals surface area (Å²) < 4.78 is 1.13. The first-order chi connectivity index (χ1) is 8.56. The Bertz CT molecular complexity index is 567. The summed E-state index contributed by atoms with van der Waals surface area (Å²) in [6.07, 6.45) is 1.67. The maximum atomic E-state index is 7.39. The molecule has 0 aliphatic carbocycles. The van der Waals surface area contributed by atoms with Crippen molar-refractivity contribution in [1.82, 2.24) is 4.98 Å². The Morgan fingerprint density at radius 3 is 2.94 bits per heavy atom. The zero-order valence-corrected chi connectivity index (χ0v) is 12.3. The van der Waals surface area contributed by atoms with Crippen LogP contribution < -0.4 is 10.6 Å². The van der Waals surface area contributed by atoms with Crippen molar-refractivity contribution in [2.75, 3.05) is 11.9 Å². The molecular formula is C12H13BrN4S. The second kappa shape index (κ2) is 5.49. The van der Waals surface area contributed by atoms with Crippen LogP contribution >= 0.6 is 27.3 Å². The van der Waals surface area contributed by atoms with Crippen molar-refractivity contribution in [2.45, 2.75) is 6.54 Å². The molecule has 6 heteroatoms. The first-order valence-corrected chi connectivity index (χ1v) is 6.98. The predicted molar refractivity (Wildman–Crippen MR) is 79.4 cm³/mol. The number of pyridine rings is 1. The Kier molecular flexibility index (Phi) is 3.98. The fourth-order valence-corrected chi connectivity index (χ4v) is 2.80. The maximum Gasteiger partial charge on any atom is 0.141 e. The van der Waals surface area contributed by atoms with Gasteiger partial charge in [-0.25, -0.2) is 0 Å². The van der Waals surface area contributed by atoms with E-state index >= 15 is 0 Å². The normalized spacial score (nSPS) is 10.3. The summed E-state index contributed by atoms with van der Waals surface area (Å²) >= 11 is 5.13. The number of thiophene rings is 1. The smallest absolute Gasteiger partial charge is 0.141 e. The second-order valence-electron chi connectivity index (χ2n) is 3.93. The average molecular weight is 325 g/mol. The summed E-state index contributed by atoms with van der Waals surface area (Å²) in [4.78, 5) is 6.15. The van der Waals surface area contributed by atoms with Gasteiger partial charge < -0.3 is 10.6 Å².